The van der Waals surface area contributed by atoms with E-state index >= 15 is 0 Å². The van der Waals surface area contributed by atoms with Crippen LogP contribution in [0.5, 0.6) is 5.75 Å². The number of para-hydroxylation sites is 1. The molecule has 0 saturated heterocycles. The molecule has 0 aliphatic heterocycles. The predicted octanol–water partition coefficient (Wildman–Crippen LogP) is 3.18. The lowest BCUT2D eigenvalue weighted by molar-refractivity contribution is -0.146. The molecule has 3 heterocycles. The molecule has 4 aromatic rings. The summed E-state index contributed by atoms with van der Waals surface area (Å²) in [7, 11) is 1.55. The highest BCUT2D eigenvalue weighted by Gasteiger charge is 2.36. The number of nitrogens with zero attached hydrogens (tertiary/aromatic N) is 3. The van der Waals surface area contributed by atoms with Gasteiger partial charge in [0.15, 0.2) is 0 Å². The molecule has 41 heavy (non-hydrogen) atoms. The number of imidazole rings is 1. The van der Waals surface area contributed by atoms with Crippen molar-refractivity contribution in [1.82, 2.24) is 18.9 Å². The lowest BCUT2D eigenvalue weighted by atomic mass is 9.94. The third-order valence-corrected chi connectivity index (χ3v) is 7.90. The molecule has 5 rings (SSSR count). The number of methoxy groups -OCH3 is 1. The van der Waals surface area contributed by atoms with Crippen molar-refractivity contribution in [1.29, 1.82) is 0 Å². The molecule has 1 aliphatic rings. The van der Waals surface area contributed by atoms with Gasteiger partial charge in [0.25, 0.3) is 5.56 Å². The van der Waals surface area contributed by atoms with Gasteiger partial charge in [0.2, 0.25) is 5.89 Å². The number of hydrogen-bond acceptors (Lipinski definition) is 8. The monoisotopic (exact) mass is 566 g/mol. The highest BCUT2D eigenvalue weighted by molar-refractivity contribution is 5.76. The van der Waals surface area contributed by atoms with Crippen molar-refractivity contribution in [2.45, 2.75) is 76.7 Å². The average Bonchev–Trinajstić information content (AvgIpc) is 3.59. The van der Waals surface area contributed by atoms with E-state index in [1.807, 2.05) is 18.2 Å². The Hall–Kier alpha value is -4.16. The number of carboxylic acid groups (broad SMARTS) is 1. The smallest absolute Gasteiger partial charge is 0.338 e. The second-order valence-corrected chi connectivity index (χ2v) is 10.9. The molecule has 0 spiro atoms. The number of carbonyl (C=O) groups is 1. The highest BCUT2D eigenvalue weighted by atomic mass is 16.5. The fourth-order valence-electron chi connectivity index (χ4n) is 5.51. The van der Waals surface area contributed by atoms with E-state index in [0.717, 1.165) is 4.57 Å². The van der Waals surface area contributed by atoms with Crippen LogP contribution in [0.25, 0.3) is 17.2 Å². The normalized spacial score (nSPS) is 18.5. The van der Waals surface area contributed by atoms with E-state index in [-0.39, 0.29) is 35.7 Å². The van der Waals surface area contributed by atoms with Gasteiger partial charge in [0.05, 0.1) is 42.9 Å². The Balaban J connectivity index is 1.74. The molecule has 1 atom stereocenters. The van der Waals surface area contributed by atoms with Crippen molar-refractivity contribution < 1.29 is 28.9 Å². The van der Waals surface area contributed by atoms with Gasteiger partial charge in [-0.15, -0.1) is 0 Å². The lowest BCUT2D eigenvalue weighted by Crippen LogP contribution is -2.52. The topological polar surface area (TPSA) is 161 Å². The molecule has 3 aromatic heterocycles. The number of ether oxygens (including phenoxy) is 2. The third kappa shape index (κ3) is 5.08. The second-order valence-electron chi connectivity index (χ2n) is 10.9. The number of H-pyrrole nitrogens is 1. The zero-order chi connectivity index (χ0) is 29.5. The van der Waals surface area contributed by atoms with Crippen molar-refractivity contribution >= 4 is 11.6 Å². The van der Waals surface area contributed by atoms with Gasteiger partial charge >= 0.3 is 11.7 Å². The van der Waals surface area contributed by atoms with Gasteiger partial charge in [-0.1, -0.05) is 18.2 Å². The van der Waals surface area contributed by atoms with E-state index in [4.69, 9.17) is 13.9 Å². The molecular weight excluding hydrogens is 532 g/mol. The first-order chi connectivity index (χ1) is 19.5. The van der Waals surface area contributed by atoms with E-state index in [2.05, 4.69) is 9.97 Å². The maximum atomic E-state index is 14.1. The van der Waals surface area contributed by atoms with Gasteiger partial charge in [-0.25, -0.2) is 23.5 Å². The molecule has 218 valence electrons. The Morgan fingerprint density at radius 1 is 1.22 bits per heavy atom. The van der Waals surface area contributed by atoms with Gasteiger partial charge in [-0.05, 0) is 52.5 Å². The van der Waals surface area contributed by atoms with Gasteiger partial charge in [0.1, 0.15) is 28.9 Å². The van der Waals surface area contributed by atoms with E-state index in [0.29, 0.717) is 48.4 Å². The van der Waals surface area contributed by atoms with E-state index in [1.54, 1.807) is 20.1 Å². The van der Waals surface area contributed by atoms with Crippen molar-refractivity contribution in [2.24, 2.45) is 0 Å². The fourth-order valence-corrected chi connectivity index (χ4v) is 5.51. The van der Waals surface area contributed by atoms with Crippen LogP contribution in [0, 0.1) is 6.92 Å². The van der Waals surface area contributed by atoms with Crippen LogP contribution in [-0.2, 0) is 21.5 Å². The molecule has 0 unspecified atom stereocenters. The number of aromatic amines is 1. The number of rotatable bonds is 9. The van der Waals surface area contributed by atoms with Gasteiger partial charge in [0, 0.05) is 12.0 Å². The molecule has 3 N–H and O–H groups in total. The number of aliphatic hydroxyl groups is 1. The van der Waals surface area contributed by atoms with Crippen LogP contribution in [0.4, 0.5) is 0 Å². The Morgan fingerprint density at radius 3 is 2.56 bits per heavy atom. The highest BCUT2D eigenvalue weighted by Crippen LogP contribution is 2.35. The Morgan fingerprint density at radius 2 is 1.93 bits per heavy atom. The number of aryl methyl sites for hydroxylation is 1. The summed E-state index contributed by atoms with van der Waals surface area (Å²) in [6.07, 6.45) is 4.10. The number of aromatic nitrogens is 4. The maximum Gasteiger partial charge on any atom is 0.338 e. The number of fused-ring (bicyclic) bond motifs is 1. The Labute approximate surface area is 235 Å². The van der Waals surface area contributed by atoms with Crippen LogP contribution >= 0.6 is 0 Å². The molecular formula is C29H34N4O8. The van der Waals surface area contributed by atoms with Crippen LogP contribution < -0.4 is 16.0 Å². The van der Waals surface area contributed by atoms with Gasteiger partial charge < -0.3 is 29.1 Å². The van der Waals surface area contributed by atoms with E-state index in [9.17, 15) is 24.6 Å². The number of aliphatic carboxylic acids is 1. The van der Waals surface area contributed by atoms with Crippen LogP contribution in [-0.4, -0.2) is 54.4 Å². The van der Waals surface area contributed by atoms with Crippen LogP contribution in [0.15, 0.2) is 50.7 Å². The molecule has 0 radical (unpaired) electrons. The number of oxazole rings is 1. The zero-order valence-electron chi connectivity index (χ0n) is 23.4. The molecule has 1 aliphatic carbocycles. The van der Waals surface area contributed by atoms with Crippen molar-refractivity contribution in [3.63, 3.8) is 0 Å². The number of nitrogens with one attached hydrogen (secondary N) is 1. The zero-order valence-corrected chi connectivity index (χ0v) is 23.4. The number of carboxylic acids is 1. The molecule has 12 heteroatoms. The molecule has 0 amide bonds. The maximum absolute atomic E-state index is 14.1. The summed E-state index contributed by atoms with van der Waals surface area (Å²) in [5.74, 6) is -0.555. The first-order valence-corrected chi connectivity index (χ1v) is 13.5. The van der Waals surface area contributed by atoms with Crippen LogP contribution in [0.3, 0.4) is 0 Å². The second kappa shape index (κ2) is 11.0. The fraction of sp³-hybridized carbons (Fsp3) is 0.448. The SMILES string of the molecule is COc1ccccc1[C@H](Cc1c(=O)n(C(C)(C)C(=O)O)c(=O)n2c(C)c(-c3ncco3)[nH]c12)O[C@H]1CC[C@@H](O)CC1. The largest absolute Gasteiger partial charge is 0.496 e. The summed E-state index contributed by atoms with van der Waals surface area (Å²) in [6.45, 7) is 4.29. The summed E-state index contributed by atoms with van der Waals surface area (Å²) >= 11 is 0. The lowest BCUT2D eigenvalue weighted by Gasteiger charge is -2.31. The van der Waals surface area contributed by atoms with Gasteiger partial charge in [-0.2, -0.15) is 0 Å². The minimum absolute atomic E-state index is 0.00269. The van der Waals surface area contributed by atoms with Crippen molar-refractivity contribution in [2.75, 3.05) is 7.11 Å². The third-order valence-electron chi connectivity index (χ3n) is 7.90. The quantitative estimate of drug-likeness (QED) is 0.276. The predicted molar refractivity (Wildman–Crippen MR) is 148 cm³/mol. The molecule has 12 nitrogen and oxygen atoms in total. The minimum atomic E-state index is -1.85. The minimum Gasteiger partial charge on any atom is -0.496 e. The van der Waals surface area contributed by atoms with Crippen LogP contribution in [0.2, 0.25) is 0 Å². The molecule has 1 fully saturated rings. The average molecular weight is 567 g/mol. The Bertz CT molecular complexity index is 1670. The van der Waals surface area contributed by atoms with E-state index in [1.165, 1.54) is 30.7 Å². The standard InChI is InChI=1S/C29H34N4O8/c1-16-23(25-30-13-14-40-25)31-24-20(26(35)33(28(38)32(16)24)29(2,3)27(36)37)15-22(19-7-5-6-8-21(19)39-4)41-18-11-9-17(34)10-12-18/h5-8,13-14,17-18,22,31,34H,9-12,15H2,1-4H3,(H,36,37)/t17-,18+,22-/m0/s1. The van der Waals surface area contributed by atoms with Crippen LogP contribution in [0.1, 0.15) is 62.5 Å². The van der Waals surface area contributed by atoms with Crippen molar-refractivity contribution in [3.8, 4) is 17.3 Å². The molecule has 1 aromatic carbocycles. The van der Waals surface area contributed by atoms with E-state index < -0.39 is 28.9 Å². The Kier molecular flexibility index (Phi) is 7.62. The number of hydrogen-bond donors (Lipinski definition) is 3. The molecule has 0 bridgehead atoms. The van der Waals surface area contributed by atoms with Crippen molar-refractivity contribution in [3.05, 3.63) is 74.4 Å². The number of aliphatic hydroxyl groups excluding tert-OH is 1. The summed E-state index contributed by atoms with van der Waals surface area (Å²) in [6, 6.07) is 7.32. The summed E-state index contributed by atoms with van der Waals surface area (Å²) < 4.78 is 19.8. The summed E-state index contributed by atoms with van der Waals surface area (Å²) in [5.41, 5.74) is -1.55. The molecule has 1 saturated carbocycles. The number of benzene rings is 1. The first-order valence-electron chi connectivity index (χ1n) is 13.5. The first kappa shape index (κ1) is 28.4. The summed E-state index contributed by atoms with van der Waals surface area (Å²) in [4.78, 5) is 47.5. The summed E-state index contributed by atoms with van der Waals surface area (Å²) in [5, 5.41) is 20.0. The van der Waals surface area contributed by atoms with Gasteiger partial charge in [-0.3, -0.25) is 4.79 Å².